The number of piperidine rings is 1. The molecule has 2 bridgehead atoms. The zero-order valence-electron chi connectivity index (χ0n) is 12.3. The number of carbonyl (C=O) groups is 2. The quantitative estimate of drug-likeness (QED) is 0.483. The van der Waals surface area contributed by atoms with Crippen LogP contribution in [0.3, 0.4) is 0 Å². The van der Waals surface area contributed by atoms with Crippen molar-refractivity contribution in [2.75, 3.05) is 7.05 Å². The summed E-state index contributed by atoms with van der Waals surface area (Å²) in [4.78, 5) is 26.0. The van der Waals surface area contributed by atoms with Crippen LogP contribution in [0, 0.1) is 0 Å². The molecule has 0 aliphatic carbocycles. The van der Waals surface area contributed by atoms with Crippen molar-refractivity contribution in [3.05, 3.63) is 35.9 Å². The van der Waals surface area contributed by atoms with Crippen LogP contribution in [-0.2, 0) is 14.3 Å². The minimum Gasteiger partial charge on any atom is -0.461 e. The Morgan fingerprint density at radius 3 is 2.43 bits per heavy atom. The van der Waals surface area contributed by atoms with Gasteiger partial charge in [-0.25, -0.2) is 0 Å². The maximum atomic E-state index is 12.3. The highest BCUT2D eigenvalue weighted by molar-refractivity contribution is 5.94. The van der Waals surface area contributed by atoms with Crippen molar-refractivity contribution >= 4 is 12.3 Å². The lowest BCUT2D eigenvalue weighted by Crippen LogP contribution is -2.43. The molecular formula is C17H21NO3. The standard InChI is InChI=1S/C17H21NO3/c1-18-13-7-8-14(18)10-15(9-13)21-17(20)16(11-19)12-5-3-2-4-6-12/h2-6,11,13-16H,7-10H2,1H3/t13-,14+,15?,16-/m1/s1. The summed E-state index contributed by atoms with van der Waals surface area (Å²) in [7, 11) is 2.15. The second-order valence-corrected chi connectivity index (χ2v) is 6.11. The van der Waals surface area contributed by atoms with Gasteiger partial charge in [0.25, 0.3) is 0 Å². The predicted octanol–water partition coefficient (Wildman–Crippen LogP) is 2.14. The normalized spacial score (nSPS) is 29.9. The number of nitrogens with zero attached hydrogens (tertiary/aromatic N) is 1. The number of fused-ring (bicyclic) bond motifs is 2. The van der Waals surface area contributed by atoms with Crippen molar-refractivity contribution in [3.63, 3.8) is 0 Å². The Kier molecular flexibility index (Phi) is 4.06. The monoisotopic (exact) mass is 287 g/mol. The molecule has 4 atom stereocenters. The van der Waals surface area contributed by atoms with Crippen LogP contribution in [0.1, 0.15) is 37.2 Å². The number of ether oxygens (including phenoxy) is 1. The second kappa shape index (κ2) is 5.98. The van der Waals surface area contributed by atoms with Crippen molar-refractivity contribution in [2.45, 2.75) is 49.8 Å². The SMILES string of the molecule is CN1[C@@H]2CC[C@H]1CC(OC(=O)[C@H](C=O)c1ccccc1)C2. The minimum atomic E-state index is -0.802. The highest BCUT2D eigenvalue weighted by Gasteiger charge is 2.40. The fraction of sp³-hybridized carbons (Fsp3) is 0.529. The summed E-state index contributed by atoms with van der Waals surface area (Å²) in [5, 5.41) is 0. The molecule has 2 fully saturated rings. The van der Waals surface area contributed by atoms with Gasteiger partial charge >= 0.3 is 5.97 Å². The lowest BCUT2D eigenvalue weighted by atomic mass is 9.98. The van der Waals surface area contributed by atoms with Crippen LogP contribution in [0.5, 0.6) is 0 Å². The molecule has 0 aromatic heterocycles. The van der Waals surface area contributed by atoms with E-state index in [4.69, 9.17) is 4.74 Å². The van der Waals surface area contributed by atoms with Crippen molar-refractivity contribution in [1.29, 1.82) is 0 Å². The zero-order chi connectivity index (χ0) is 14.8. The third-order valence-electron chi connectivity index (χ3n) is 4.89. The Morgan fingerprint density at radius 1 is 1.24 bits per heavy atom. The van der Waals surface area contributed by atoms with E-state index in [1.807, 2.05) is 18.2 Å². The van der Waals surface area contributed by atoms with E-state index in [-0.39, 0.29) is 6.10 Å². The maximum absolute atomic E-state index is 12.3. The van der Waals surface area contributed by atoms with E-state index in [0.717, 1.165) is 12.8 Å². The van der Waals surface area contributed by atoms with Crippen molar-refractivity contribution in [2.24, 2.45) is 0 Å². The molecule has 0 amide bonds. The number of hydrogen-bond donors (Lipinski definition) is 0. The van der Waals surface area contributed by atoms with Gasteiger partial charge in [0.15, 0.2) is 0 Å². The Hall–Kier alpha value is -1.68. The molecule has 2 saturated heterocycles. The average Bonchev–Trinajstić information content (AvgIpc) is 2.72. The van der Waals surface area contributed by atoms with Crippen LogP contribution in [0.25, 0.3) is 0 Å². The fourth-order valence-electron chi connectivity index (χ4n) is 3.63. The third kappa shape index (κ3) is 2.86. The summed E-state index contributed by atoms with van der Waals surface area (Å²) in [5.41, 5.74) is 0.702. The number of esters is 1. The van der Waals surface area contributed by atoms with Crippen LogP contribution in [0.15, 0.2) is 30.3 Å². The molecule has 3 rings (SSSR count). The highest BCUT2D eigenvalue weighted by atomic mass is 16.5. The van der Waals surface area contributed by atoms with E-state index in [0.29, 0.717) is 23.9 Å². The predicted molar refractivity (Wildman–Crippen MR) is 78.9 cm³/mol. The van der Waals surface area contributed by atoms with Gasteiger partial charge in [-0.1, -0.05) is 30.3 Å². The average molecular weight is 287 g/mol. The Balaban J connectivity index is 1.65. The van der Waals surface area contributed by atoms with E-state index in [1.165, 1.54) is 12.8 Å². The minimum absolute atomic E-state index is 0.0441. The molecule has 0 N–H and O–H groups in total. The molecule has 0 radical (unpaired) electrons. The van der Waals surface area contributed by atoms with Gasteiger partial charge in [0, 0.05) is 12.1 Å². The van der Waals surface area contributed by atoms with Gasteiger partial charge in [-0.2, -0.15) is 0 Å². The Labute approximate surface area is 125 Å². The molecule has 0 saturated carbocycles. The first-order valence-electron chi connectivity index (χ1n) is 7.61. The highest BCUT2D eigenvalue weighted by Crippen LogP contribution is 2.35. The summed E-state index contributed by atoms with van der Waals surface area (Å²) < 4.78 is 5.63. The smallest absolute Gasteiger partial charge is 0.320 e. The fourth-order valence-corrected chi connectivity index (χ4v) is 3.63. The molecular weight excluding hydrogens is 266 g/mol. The van der Waals surface area contributed by atoms with Gasteiger partial charge in [0.2, 0.25) is 0 Å². The molecule has 1 aromatic rings. The van der Waals surface area contributed by atoms with Crippen molar-refractivity contribution in [3.8, 4) is 0 Å². The summed E-state index contributed by atoms with van der Waals surface area (Å²) in [6, 6.07) is 10.1. The van der Waals surface area contributed by atoms with E-state index in [2.05, 4.69) is 11.9 Å². The van der Waals surface area contributed by atoms with Crippen LogP contribution < -0.4 is 0 Å². The van der Waals surface area contributed by atoms with Gasteiger partial charge in [-0.3, -0.25) is 4.79 Å². The third-order valence-corrected chi connectivity index (χ3v) is 4.89. The summed E-state index contributed by atoms with van der Waals surface area (Å²) in [5.74, 6) is -1.21. The molecule has 0 spiro atoms. The number of benzene rings is 1. The summed E-state index contributed by atoms with van der Waals surface area (Å²) in [6.45, 7) is 0. The molecule has 1 aromatic carbocycles. The first-order valence-corrected chi connectivity index (χ1v) is 7.61. The van der Waals surface area contributed by atoms with Gasteiger partial charge in [0.1, 0.15) is 18.3 Å². The molecule has 2 aliphatic rings. The lowest BCUT2D eigenvalue weighted by molar-refractivity contribution is -0.154. The molecule has 4 nitrogen and oxygen atoms in total. The molecule has 2 heterocycles. The molecule has 1 unspecified atom stereocenters. The topological polar surface area (TPSA) is 46.6 Å². The summed E-state index contributed by atoms with van der Waals surface area (Å²) >= 11 is 0. The van der Waals surface area contributed by atoms with Crippen molar-refractivity contribution < 1.29 is 14.3 Å². The second-order valence-electron chi connectivity index (χ2n) is 6.11. The molecule has 2 aliphatic heterocycles. The number of aldehydes is 1. The van der Waals surface area contributed by atoms with E-state index < -0.39 is 11.9 Å². The number of rotatable bonds is 4. The first kappa shape index (κ1) is 14.3. The number of carbonyl (C=O) groups excluding carboxylic acids is 2. The van der Waals surface area contributed by atoms with Crippen LogP contribution in [-0.4, -0.2) is 42.4 Å². The molecule has 112 valence electrons. The van der Waals surface area contributed by atoms with Crippen LogP contribution in [0.2, 0.25) is 0 Å². The van der Waals surface area contributed by atoms with Gasteiger partial charge < -0.3 is 14.4 Å². The molecule has 21 heavy (non-hydrogen) atoms. The summed E-state index contributed by atoms with van der Waals surface area (Å²) in [6.07, 6.45) is 4.78. The first-order chi connectivity index (χ1) is 10.2. The largest absolute Gasteiger partial charge is 0.461 e. The molecule has 4 heteroatoms. The Bertz CT molecular complexity index is 502. The zero-order valence-corrected chi connectivity index (χ0v) is 12.3. The maximum Gasteiger partial charge on any atom is 0.320 e. The van der Waals surface area contributed by atoms with Crippen LogP contribution in [0.4, 0.5) is 0 Å². The number of hydrogen-bond acceptors (Lipinski definition) is 4. The van der Waals surface area contributed by atoms with E-state index in [9.17, 15) is 9.59 Å². The van der Waals surface area contributed by atoms with Gasteiger partial charge in [0.05, 0.1) is 0 Å². The van der Waals surface area contributed by atoms with E-state index >= 15 is 0 Å². The van der Waals surface area contributed by atoms with Crippen molar-refractivity contribution in [1.82, 2.24) is 4.90 Å². The van der Waals surface area contributed by atoms with Crippen LogP contribution >= 0.6 is 0 Å². The van der Waals surface area contributed by atoms with Gasteiger partial charge in [-0.15, -0.1) is 0 Å². The lowest BCUT2D eigenvalue weighted by Gasteiger charge is -2.36. The van der Waals surface area contributed by atoms with E-state index in [1.54, 1.807) is 12.1 Å². The van der Waals surface area contributed by atoms with Gasteiger partial charge in [-0.05, 0) is 38.3 Å². The Morgan fingerprint density at radius 2 is 1.86 bits per heavy atom.